The number of esters is 2. The van der Waals surface area contributed by atoms with Gasteiger partial charge < -0.3 is 14.8 Å². The highest BCUT2D eigenvalue weighted by molar-refractivity contribution is 6.07. The molecule has 0 aliphatic carbocycles. The van der Waals surface area contributed by atoms with Gasteiger partial charge in [0.05, 0.1) is 34.4 Å². The van der Waals surface area contributed by atoms with Crippen LogP contribution in [0.5, 0.6) is 0 Å². The van der Waals surface area contributed by atoms with Gasteiger partial charge in [0.2, 0.25) is 0 Å². The van der Waals surface area contributed by atoms with Gasteiger partial charge in [-0.3, -0.25) is 15.1 Å². The van der Waals surface area contributed by atoms with E-state index in [1.54, 1.807) is 52.0 Å². The Morgan fingerprint density at radius 1 is 1.16 bits per heavy atom. The van der Waals surface area contributed by atoms with Gasteiger partial charge in [0, 0.05) is 29.4 Å². The molecule has 0 spiro atoms. The first kappa shape index (κ1) is 22.7. The highest BCUT2D eigenvalue weighted by atomic mass is 16.6. The maximum absolute atomic E-state index is 12.6. The number of nitrogens with zero attached hydrogens (tertiary/aromatic N) is 2. The van der Waals surface area contributed by atoms with Crippen LogP contribution in [0.15, 0.2) is 42.6 Å². The van der Waals surface area contributed by atoms with Crippen LogP contribution in [0, 0.1) is 17.0 Å². The molecular formula is C23H23N3O6. The number of rotatable bonds is 7. The third kappa shape index (κ3) is 4.83. The Bertz CT molecular complexity index is 1210. The van der Waals surface area contributed by atoms with Gasteiger partial charge in [0.1, 0.15) is 5.56 Å². The monoisotopic (exact) mass is 437 g/mol. The van der Waals surface area contributed by atoms with Crippen LogP contribution in [0.3, 0.4) is 0 Å². The third-order valence-electron chi connectivity index (χ3n) is 4.62. The number of ether oxygens (including phenoxy) is 2. The number of nitro benzene ring substituents is 1. The molecule has 1 aromatic heterocycles. The summed E-state index contributed by atoms with van der Waals surface area (Å²) in [6, 6.07) is 9.22. The average molecular weight is 437 g/mol. The van der Waals surface area contributed by atoms with Gasteiger partial charge in [-0.15, -0.1) is 0 Å². The molecule has 2 aromatic carbocycles. The number of non-ortho nitro benzene ring substituents is 1. The van der Waals surface area contributed by atoms with Gasteiger partial charge in [-0.1, -0.05) is 0 Å². The molecule has 9 nitrogen and oxygen atoms in total. The first-order valence-electron chi connectivity index (χ1n) is 10.0. The van der Waals surface area contributed by atoms with Crippen molar-refractivity contribution in [2.45, 2.75) is 33.8 Å². The molecule has 166 valence electrons. The maximum Gasteiger partial charge on any atom is 0.341 e. The topological polar surface area (TPSA) is 121 Å². The summed E-state index contributed by atoms with van der Waals surface area (Å²) in [6.07, 6.45) is 1.11. The van der Waals surface area contributed by atoms with E-state index in [0.29, 0.717) is 33.4 Å². The second-order valence-corrected chi connectivity index (χ2v) is 7.33. The molecule has 0 aliphatic rings. The molecule has 0 radical (unpaired) electrons. The Labute approximate surface area is 184 Å². The van der Waals surface area contributed by atoms with E-state index in [2.05, 4.69) is 10.3 Å². The largest absolute Gasteiger partial charge is 0.462 e. The van der Waals surface area contributed by atoms with Gasteiger partial charge in [0.15, 0.2) is 0 Å². The number of aryl methyl sites for hydroxylation is 1. The summed E-state index contributed by atoms with van der Waals surface area (Å²) in [6.45, 7) is 7.09. The van der Waals surface area contributed by atoms with Crippen LogP contribution in [0.4, 0.5) is 17.1 Å². The molecular weight excluding hydrogens is 414 g/mol. The van der Waals surface area contributed by atoms with E-state index in [1.165, 1.54) is 18.3 Å². The fourth-order valence-corrected chi connectivity index (χ4v) is 3.14. The van der Waals surface area contributed by atoms with Crippen molar-refractivity contribution in [3.63, 3.8) is 0 Å². The molecule has 0 amide bonds. The number of aromatic nitrogens is 1. The second-order valence-electron chi connectivity index (χ2n) is 7.33. The van der Waals surface area contributed by atoms with Gasteiger partial charge in [-0.2, -0.15) is 0 Å². The molecule has 0 unspecified atom stereocenters. The lowest BCUT2D eigenvalue weighted by Crippen LogP contribution is -2.12. The third-order valence-corrected chi connectivity index (χ3v) is 4.62. The minimum Gasteiger partial charge on any atom is -0.462 e. The van der Waals surface area contributed by atoms with Crippen LogP contribution in [0.25, 0.3) is 10.9 Å². The summed E-state index contributed by atoms with van der Waals surface area (Å²) in [4.78, 5) is 39.9. The highest BCUT2D eigenvalue weighted by Crippen LogP contribution is 2.33. The van der Waals surface area contributed by atoms with Gasteiger partial charge >= 0.3 is 11.9 Å². The van der Waals surface area contributed by atoms with Crippen molar-refractivity contribution in [2.24, 2.45) is 0 Å². The van der Waals surface area contributed by atoms with Crippen molar-refractivity contribution in [1.82, 2.24) is 4.98 Å². The summed E-state index contributed by atoms with van der Waals surface area (Å²) in [5.74, 6) is -1.08. The predicted molar refractivity (Wildman–Crippen MR) is 119 cm³/mol. The van der Waals surface area contributed by atoms with Crippen molar-refractivity contribution >= 4 is 39.9 Å². The minimum atomic E-state index is -0.584. The molecule has 9 heteroatoms. The zero-order valence-electron chi connectivity index (χ0n) is 18.2. The Morgan fingerprint density at radius 3 is 2.53 bits per heavy atom. The number of benzene rings is 2. The van der Waals surface area contributed by atoms with Crippen LogP contribution in [-0.2, 0) is 9.47 Å². The number of hydrogen-bond acceptors (Lipinski definition) is 8. The summed E-state index contributed by atoms with van der Waals surface area (Å²) >= 11 is 0. The van der Waals surface area contributed by atoms with Gasteiger partial charge in [-0.25, -0.2) is 9.59 Å². The SMILES string of the molecule is CCOC(=O)c1cnc2ccc(C(=O)OC(C)C)cc2c1Nc1ccc([N+](=O)[O-])cc1C. The molecule has 3 aromatic rings. The standard InChI is InChI=1S/C23H23N3O6/c1-5-31-23(28)18-12-24-20-8-6-15(22(27)32-13(2)3)11-17(20)21(18)25-19-9-7-16(26(29)30)10-14(19)4/h6-13H,5H2,1-4H3,(H,24,25). The number of nitrogens with one attached hydrogen (secondary N) is 1. The van der Waals surface area contributed by atoms with Crippen LogP contribution in [0.2, 0.25) is 0 Å². The predicted octanol–water partition coefficient (Wildman–Crippen LogP) is 4.94. The Hall–Kier alpha value is -4.01. The van der Waals surface area contributed by atoms with Crippen LogP contribution < -0.4 is 5.32 Å². The van der Waals surface area contributed by atoms with Gasteiger partial charge in [0.25, 0.3) is 5.69 Å². The van der Waals surface area contributed by atoms with E-state index >= 15 is 0 Å². The van der Waals surface area contributed by atoms with Crippen LogP contribution in [-0.4, -0.2) is 34.6 Å². The van der Waals surface area contributed by atoms with Crippen molar-refractivity contribution in [1.29, 1.82) is 0 Å². The molecule has 0 bridgehead atoms. The van der Waals surface area contributed by atoms with E-state index in [4.69, 9.17) is 9.47 Å². The lowest BCUT2D eigenvalue weighted by atomic mass is 10.0. The van der Waals surface area contributed by atoms with E-state index in [-0.39, 0.29) is 24.0 Å². The van der Waals surface area contributed by atoms with Gasteiger partial charge in [-0.05, 0) is 57.5 Å². The molecule has 3 rings (SSSR count). The first-order chi connectivity index (χ1) is 15.2. The normalized spacial score (nSPS) is 10.8. The molecule has 0 fully saturated rings. The number of carbonyl (C=O) groups is 2. The van der Waals surface area contributed by atoms with E-state index in [1.807, 2.05) is 0 Å². The van der Waals surface area contributed by atoms with E-state index in [0.717, 1.165) is 0 Å². The Balaban J connectivity index is 2.17. The zero-order chi connectivity index (χ0) is 23.4. The lowest BCUT2D eigenvalue weighted by Gasteiger charge is -2.16. The second kappa shape index (κ2) is 9.42. The fraction of sp³-hybridized carbons (Fsp3) is 0.261. The first-order valence-corrected chi connectivity index (χ1v) is 10.0. The molecule has 0 atom stereocenters. The van der Waals surface area contributed by atoms with Crippen molar-refractivity contribution < 1.29 is 24.0 Å². The molecule has 0 saturated carbocycles. The summed E-state index contributed by atoms with van der Waals surface area (Å²) in [5.41, 5.74) is 2.52. The van der Waals surface area contributed by atoms with Crippen molar-refractivity contribution in [2.75, 3.05) is 11.9 Å². The number of fused-ring (bicyclic) bond motifs is 1. The number of pyridine rings is 1. The summed E-state index contributed by atoms with van der Waals surface area (Å²) < 4.78 is 10.4. The smallest absolute Gasteiger partial charge is 0.341 e. The number of anilines is 2. The lowest BCUT2D eigenvalue weighted by molar-refractivity contribution is -0.384. The molecule has 1 N–H and O–H groups in total. The molecule has 1 heterocycles. The van der Waals surface area contributed by atoms with E-state index in [9.17, 15) is 19.7 Å². The average Bonchev–Trinajstić information content (AvgIpc) is 2.74. The van der Waals surface area contributed by atoms with Crippen LogP contribution >= 0.6 is 0 Å². The number of hydrogen-bond donors (Lipinski definition) is 1. The van der Waals surface area contributed by atoms with Crippen molar-refractivity contribution in [3.8, 4) is 0 Å². The minimum absolute atomic E-state index is 0.0445. The number of nitro groups is 1. The molecule has 32 heavy (non-hydrogen) atoms. The highest BCUT2D eigenvalue weighted by Gasteiger charge is 2.20. The molecule has 0 aliphatic heterocycles. The fourth-order valence-electron chi connectivity index (χ4n) is 3.14. The zero-order valence-corrected chi connectivity index (χ0v) is 18.2. The summed E-state index contributed by atoms with van der Waals surface area (Å²) in [7, 11) is 0. The molecule has 0 saturated heterocycles. The Kier molecular flexibility index (Phi) is 6.67. The van der Waals surface area contributed by atoms with Crippen LogP contribution in [0.1, 0.15) is 47.1 Å². The van der Waals surface area contributed by atoms with E-state index < -0.39 is 16.9 Å². The number of carbonyl (C=O) groups excluding carboxylic acids is 2. The Morgan fingerprint density at radius 2 is 1.91 bits per heavy atom. The summed E-state index contributed by atoms with van der Waals surface area (Å²) in [5, 5.41) is 14.7. The van der Waals surface area contributed by atoms with Crippen molar-refractivity contribution in [3.05, 3.63) is 69.4 Å². The maximum atomic E-state index is 12.6. The quantitative estimate of drug-likeness (QED) is 0.313.